The van der Waals surface area contributed by atoms with E-state index in [4.69, 9.17) is 14.7 Å². The van der Waals surface area contributed by atoms with Crippen molar-refractivity contribution < 1.29 is 18.7 Å². The fourth-order valence-electron chi connectivity index (χ4n) is 2.50. The predicted molar refractivity (Wildman–Crippen MR) is 88.8 cm³/mol. The van der Waals surface area contributed by atoms with E-state index in [2.05, 4.69) is 5.32 Å². The van der Waals surface area contributed by atoms with Gasteiger partial charge in [-0.3, -0.25) is 0 Å². The van der Waals surface area contributed by atoms with Gasteiger partial charge in [0.15, 0.2) is 11.5 Å². The zero-order chi connectivity index (χ0) is 17.8. The van der Waals surface area contributed by atoms with Crippen LogP contribution in [0.3, 0.4) is 0 Å². The number of nitrogens with one attached hydrogen (secondary N) is 1. The monoisotopic (exact) mass is 341 g/mol. The number of anilines is 1. The van der Waals surface area contributed by atoms with Crippen LogP contribution in [0.2, 0.25) is 0 Å². The summed E-state index contributed by atoms with van der Waals surface area (Å²) in [7, 11) is 0. The van der Waals surface area contributed by atoms with E-state index < -0.39 is 5.82 Å². The molecule has 0 spiro atoms. The van der Waals surface area contributed by atoms with Crippen LogP contribution in [0.5, 0.6) is 11.5 Å². The maximum Gasteiger partial charge on any atom is 0.322 e. The fraction of sp³-hybridized carbons (Fsp3) is 0.222. The smallest absolute Gasteiger partial charge is 0.322 e. The first-order valence-electron chi connectivity index (χ1n) is 7.75. The summed E-state index contributed by atoms with van der Waals surface area (Å²) in [5.41, 5.74) is 1.24. The van der Waals surface area contributed by atoms with Crippen molar-refractivity contribution in [3.05, 3.63) is 53.3 Å². The van der Waals surface area contributed by atoms with Crippen LogP contribution in [0.15, 0.2) is 36.4 Å². The number of ether oxygens (including phenoxy) is 2. The lowest BCUT2D eigenvalue weighted by molar-refractivity contribution is 0.174. The van der Waals surface area contributed by atoms with Gasteiger partial charge >= 0.3 is 6.03 Å². The number of rotatable bonds is 4. The Labute approximate surface area is 144 Å². The summed E-state index contributed by atoms with van der Waals surface area (Å²) in [6, 6.07) is 10.7. The Morgan fingerprint density at radius 3 is 2.84 bits per heavy atom. The Morgan fingerprint density at radius 1 is 1.28 bits per heavy atom. The minimum Gasteiger partial charge on any atom is -0.454 e. The first kappa shape index (κ1) is 16.6. The number of amides is 2. The van der Waals surface area contributed by atoms with Crippen molar-refractivity contribution in [1.29, 1.82) is 5.26 Å². The largest absolute Gasteiger partial charge is 0.454 e. The van der Waals surface area contributed by atoms with Crippen molar-refractivity contribution in [2.75, 3.05) is 18.7 Å². The minimum atomic E-state index is -0.526. The molecular weight excluding hydrogens is 325 g/mol. The molecule has 25 heavy (non-hydrogen) atoms. The summed E-state index contributed by atoms with van der Waals surface area (Å²) >= 11 is 0. The average molecular weight is 341 g/mol. The number of nitriles is 1. The van der Waals surface area contributed by atoms with Crippen LogP contribution in [0.4, 0.5) is 14.9 Å². The van der Waals surface area contributed by atoms with Gasteiger partial charge in [0.1, 0.15) is 11.9 Å². The van der Waals surface area contributed by atoms with E-state index in [0.29, 0.717) is 24.6 Å². The summed E-state index contributed by atoms with van der Waals surface area (Å²) < 4.78 is 23.8. The second-order valence-electron chi connectivity index (χ2n) is 5.43. The Kier molecular flexibility index (Phi) is 4.70. The summed E-state index contributed by atoms with van der Waals surface area (Å²) in [6.45, 7) is 2.87. The van der Waals surface area contributed by atoms with Crippen molar-refractivity contribution in [3.8, 4) is 17.6 Å². The number of carbonyl (C=O) groups excluding carboxylic acids is 1. The zero-order valence-electron chi connectivity index (χ0n) is 13.6. The van der Waals surface area contributed by atoms with Crippen LogP contribution in [0.1, 0.15) is 18.1 Å². The molecule has 0 fully saturated rings. The highest BCUT2D eigenvalue weighted by Crippen LogP contribution is 2.32. The molecule has 2 amide bonds. The molecule has 0 aromatic heterocycles. The maximum absolute atomic E-state index is 13.2. The van der Waals surface area contributed by atoms with Gasteiger partial charge in [-0.15, -0.1) is 0 Å². The third kappa shape index (κ3) is 3.63. The third-order valence-corrected chi connectivity index (χ3v) is 3.82. The molecule has 128 valence electrons. The topological polar surface area (TPSA) is 74.6 Å². The highest BCUT2D eigenvalue weighted by Gasteiger charge is 2.17. The van der Waals surface area contributed by atoms with Crippen LogP contribution in [0, 0.1) is 17.1 Å². The molecule has 1 heterocycles. The van der Waals surface area contributed by atoms with Gasteiger partial charge in [0, 0.05) is 13.1 Å². The minimum absolute atomic E-state index is 0.0764. The normalized spacial score (nSPS) is 11.7. The van der Waals surface area contributed by atoms with Gasteiger partial charge in [-0.05, 0) is 42.8 Å². The number of fused-ring (bicyclic) bond motifs is 1. The van der Waals surface area contributed by atoms with Gasteiger partial charge in [-0.1, -0.05) is 6.07 Å². The molecule has 0 atom stereocenters. The van der Waals surface area contributed by atoms with E-state index in [1.165, 1.54) is 12.1 Å². The van der Waals surface area contributed by atoms with E-state index >= 15 is 0 Å². The van der Waals surface area contributed by atoms with E-state index in [-0.39, 0.29) is 24.1 Å². The zero-order valence-corrected chi connectivity index (χ0v) is 13.6. The number of benzene rings is 2. The molecule has 7 heteroatoms. The number of hydrogen-bond donors (Lipinski definition) is 1. The van der Waals surface area contributed by atoms with Gasteiger partial charge in [-0.25, -0.2) is 9.18 Å². The Balaban J connectivity index is 1.73. The maximum atomic E-state index is 13.2. The lowest BCUT2D eigenvalue weighted by atomic mass is 10.2. The second kappa shape index (κ2) is 7.09. The van der Waals surface area contributed by atoms with Crippen molar-refractivity contribution in [3.63, 3.8) is 0 Å². The number of urea groups is 1. The van der Waals surface area contributed by atoms with Gasteiger partial charge in [-0.2, -0.15) is 5.26 Å². The van der Waals surface area contributed by atoms with Crippen LogP contribution in [0.25, 0.3) is 0 Å². The van der Waals surface area contributed by atoms with Crippen LogP contribution >= 0.6 is 0 Å². The van der Waals surface area contributed by atoms with Crippen LogP contribution in [-0.2, 0) is 6.54 Å². The molecule has 2 aromatic rings. The SMILES string of the molecule is CCN(Cc1ccc2c(c1)OCO2)C(=O)Nc1ccc(F)cc1C#N. The van der Waals surface area contributed by atoms with Crippen molar-refractivity contribution in [2.24, 2.45) is 0 Å². The molecule has 0 aliphatic carbocycles. The molecule has 2 aromatic carbocycles. The van der Waals surface area contributed by atoms with Crippen molar-refractivity contribution in [1.82, 2.24) is 4.90 Å². The van der Waals surface area contributed by atoms with Crippen molar-refractivity contribution >= 4 is 11.7 Å². The molecule has 1 N–H and O–H groups in total. The highest BCUT2D eigenvalue weighted by molar-refractivity contribution is 5.90. The molecular formula is C18H16FN3O3. The third-order valence-electron chi connectivity index (χ3n) is 3.82. The van der Waals surface area contributed by atoms with Gasteiger partial charge in [0.05, 0.1) is 11.3 Å². The average Bonchev–Trinajstić information content (AvgIpc) is 3.08. The standard InChI is InChI=1S/C18H16FN3O3/c1-2-22(10-12-3-6-16-17(7-12)25-11-24-16)18(23)21-15-5-4-14(19)8-13(15)9-20/h3-8H,2,10-11H2,1H3,(H,21,23). The van der Waals surface area contributed by atoms with Gasteiger partial charge < -0.3 is 19.7 Å². The second-order valence-corrected chi connectivity index (χ2v) is 5.43. The number of nitrogens with zero attached hydrogens (tertiary/aromatic N) is 2. The Morgan fingerprint density at radius 2 is 2.08 bits per heavy atom. The van der Waals surface area contributed by atoms with E-state index in [0.717, 1.165) is 11.6 Å². The van der Waals surface area contributed by atoms with Gasteiger partial charge in [0.25, 0.3) is 0 Å². The Hall–Kier alpha value is -3.27. The molecule has 0 saturated carbocycles. The lowest BCUT2D eigenvalue weighted by Crippen LogP contribution is -2.34. The molecule has 3 rings (SSSR count). The van der Waals surface area contributed by atoms with Crippen LogP contribution < -0.4 is 14.8 Å². The molecule has 6 nitrogen and oxygen atoms in total. The molecule has 1 aliphatic heterocycles. The quantitative estimate of drug-likeness (QED) is 0.924. The fourth-order valence-corrected chi connectivity index (χ4v) is 2.50. The number of halogens is 1. The summed E-state index contributed by atoms with van der Waals surface area (Å²) in [5.74, 6) is 0.808. The molecule has 1 aliphatic rings. The van der Waals surface area contributed by atoms with E-state index in [1.807, 2.05) is 25.1 Å². The van der Waals surface area contributed by atoms with Crippen LogP contribution in [-0.4, -0.2) is 24.3 Å². The summed E-state index contributed by atoms with van der Waals surface area (Å²) in [4.78, 5) is 14.1. The first-order valence-corrected chi connectivity index (χ1v) is 7.75. The molecule has 0 unspecified atom stereocenters. The first-order chi connectivity index (χ1) is 12.1. The number of carbonyl (C=O) groups is 1. The van der Waals surface area contributed by atoms with Crippen molar-refractivity contribution in [2.45, 2.75) is 13.5 Å². The van der Waals surface area contributed by atoms with Gasteiger partial charge in [0.2, 0.25) is 6.79 Å². The number of hydrogen-bond acceptors (Lipinski definition) is 4. The van der Waals surface area contributed by atoms with E-state index in [9.17, 15) is 9.18 Å². The summed E-state index contributed by atoms with van der Waals surface area (Å²) in [5, 5.41) is 11.7. The predicted octanol–water partition coefficient (Wildman–Crippen LogP) is 3.48. The molecule has 0 bridgehead atoms. The Bertz CT molecular complexity index is 848. The highest BCUT2D eigenvalue weighted by atomic mass is 19.1. The lowest BCUT2D eigenvalue weighted by Gasteiger charge is -2.22. The molecule has 0 saturated heterocycles. The molecule has 0 radical (unpaired) electrons. The summed E-state index contributed by atoms with van der Waals surface area (Å²) in [6.07, 6.45) is 0. The van der Waals surface area contributed by atoms with E-state index in [1.54, 1.807) is 11.0 Å².